The van der Waals surface area contributed by atoms with Crippen molar-refractivity contribution in [1.82, 2.24) is 9.88 Å². The lowest BCUT2D eigenvalue weighted by molar-refractivity contribution is 0.00760. The van der Waals surface area contributed by atoms with Crippen molar-refractivity contribution >= 4 is 6.09 Å². The number of amides is 1. The molecule has 3 aliphatic heterocycles. The van der Waals surface area contributed by atoms with Crippen LogP contribution < -0.4 is 0 Å². The van der Waals surface area contributed by atoms with Crippen LogP contribution in [0.2, 0.25) is 0 Å². The summed E-state index contributed by atoms with van der Waals surface area (Å²) < 4.78 is 18.1. The second-order valence-electron chi connectivity index (χ2n) is 10.7. The fourth-order valence-corrected chi connectivity index (χ4v) is 5.56. The Morgan fingerprint density at radius 3 is 2.66 bits per heavy atom. The van der Waals surface area contributed by atoms with Gasteiger partial charge in [-0.1, -0.05) is 17.7 Å². The number of aromatic nitrogens is 1. The van der Waals surface area contributed by atoms with Crippen molar-refractivity contribution in [1.29, 1.82) is 0 Å². The summed E-state index contributed by atoms with van der Waals surface area (Å²) in [5, 5.41) is 0. The van der Waals surface area contributed by atoms with Gasteiger partial charge in [0, 0.05) is 25.0 Å². The number of rotatable bonds is 6. The van der Waals surface area contributed by atoms with Crippen LogP contribution in [-0.2, 0) is 20.6 Å². The Bertz CT molecular complexity index is 880. The van der Waals surface area contributed by atoms with E-state index in [1.165, 1.54) is 11.1 Å². The Labute approximate surface area is 191 Å². The van der Waals surface area contributed by atoms with Crippen LogP contribution in [0, 0.1) is 12.8 Å². The lowest BCUT2D eigenvalue weighted by Gasteiger charge is -2.39. The topological polar surface area (TPSA) is 67.5 Å². The zero-order valence-corrected chi connectivity index (χ0v) is 19.8. The van der Waals surface area contributed by atoms with Crippen LogP contribution in [0.1, 0.15) is 64.1 Å². The molecule has 4 fully saturated rings. The van der Waals surface area contributed by atoms with Crippen LogP contribution in [0.4, 0.5) is 4.79 Å². The fourth-order valence-electron chi connectivity index (χ4n) is 5.56. The predicted molar refractivity (Wildman–Crippen MR) is 121 cm³/mol. The summed E-state index contributed by atoms with van der Waals surface area (Å²) in [5.74, 6) is 0.501. The minimum absolute atomic E-state index is 0.00715. The number of aryl methyl sites for hydroxylation is 1. The first-order valence-corrected chi connectivity index (χ1v) is 12.1. The highest BCUT2D eigenvalue weighted by Crippen LogP contribution is 2.60. The van der Waals surface area contributed by atoms with Gasteiger partial charge in [-0.25, -0.2) is 4.79 Å². The number of ether oxygens (including phenoxy) is 3. The minimum atomic E-state index is -0.156. The molecule has 6 heteroatoms. The van der Waals surface area contributed by atoms with Crippen LogP contribution in [-0.4, -0.2) is 58.6 Å². The van der Waals surface area contributed by atoms with Gasteiger partial charge in [0.05, 0.1) is 11.7 Å². The molecular formula is C26H36N2O4. The van der Waals surface area contributed by atoms with Crippen molar-refractivity contribution < 1.29 is 19.0 Å². The van der Waals surface area contributed by atoms with Crippen LogP contribution in [0.15, 0.2) is 30.0 Å². The van der Waals surface area contributed by atoms with Gasteiger partial charge in [-0.05, 0) is 83.8 Å². The van der Waals surface area contributed by atoms with Crippen molar-refractivity contribution in [2.75, 3.05) is 13.1 Å². The molecule has 3 atom stereocenters. The summed E-state index contributed by atoms with van der Waals surface area (Å²) in [7, 11) is 0. The van der Waals surface area contributed by atoms with Crippen LogP contribution >= 0.6 is 0 Å². The predicted octanol–water partition coefficient (Wildman–Crippen LogP) is 4.59. The van der Waals surface area contributed by atoms with E-state index in [9.17, 15) is 4.79 Å². The molecule has 0 radical (unpaired) electrons. The van der Waals surface area contributed by atoms with Crippen molar-refractivity contribution in [3.63, 3.8) is 0 Å². The molecule has 174 valence electrons. The normalized spacial score (nSPS) is 35.9. The van der Waals surface area contributed by atoms with Gasteiger partial charge >= 0.3 is 6.09 Å². The number of nitrogens with zero attached hydrogens (tertiary/aromatic N) is 2. The van der Waals surface area contributed by atoms with E-state index >= 15 is 0 Å². The Balaban J connectivity index is 1.02. The molecule has 4 heterocycles. The molecule has 5 rings (SSSR count). The number of likely N-dealkylation sites (tertiary alicyclic amines) is 1. The lowest BCUT2D eigenvalue weighted by Crippen LogP contribution is -2.51. The summed E-state index contributed by atoms with van der Waals surface area (Å²) in [6.45, 7) is 9.98. The number of pyridine rings is 1. The van der Waals surface area contributed by atoms with E-state index in [1.807, 2.05) is 24.1 Å². The van der Waals surface area contributed by atoms with Crippen molar-refractivity contribution in [2.24, 2.45) is 5.92 Å². The molecule has 1 spiro atoms. The van der Waals surface area contributed by atoms with Gasteiger partial charge in [0.15, 0.2) is 0 Å². The number of hydrogen-bond acceptors (Lipinski definition) is 5. The first kappa shape index (κ1) is 21.9. The fraction of sp³-hybridized carbons (Fsp3) is 0.692. The standard InChI is InChI=1S/C26H36N2O4/c1-17(2)5-8-22-25(4,31-22)23-26(32-23)11-9-21(10-12-26)30-24(29)28-15-20(16-28)13-19-7-6-18(3)27-14-19/h5-7,14,20-23H,8-13,15-16H2,1-4H3/t21?,22-,23?,25-,26?/m1/s1. The average Bonchev–Trinajstić information content (AvgIpc) is 3.62. The highest BCUT2D eigenvalue weighted by Gasteiger charge is 2.73. The SMILES string of the molecule is CC(C)=CC[C@H]1O[C@@]1(C)C1OC12CCC(OC(=O)N1CC(Cc3ccc(C)nc3)C1)CC2. The van der Waals surface area contributed by atoms with E-state index < -0.39 is 0 Å². The number of allylic oxidation sites excluding steroid dienone is 1. The molecule has 3 saturated heterocycles. The average molecular weight is 441 g/mol. The number of carbonyl (C=O) groups is 1. The summed E-state index contributed by atoms with van der Waals surface area (Å²) in [6.07, 6.45) is 10.1. The van der Waals surface area contributed by atoms with E-state index in [4.69, 9.17) is 14.2 Å². The Morgan fingerprint density at radius 2 is 2.00 bits per heavy atom. The largest absolute Gasteiger partial charge is 0.446 e. The maximum atomic E-state index is 12.6. The van der Waals surface area contributed by atoms with E-state index in [0.717, 1.165) is 57.3 Å². The van der Waals surface area contributed by atoms with Gasteiger partial charge in [0.1, 0.15) is 17.8 Å². The first-order valence-electron chi connectivity index (χ1n) is 12.1. The second kappa shape index (κ2) is 8.14. The minimum Gasteiger partial charge on any atom is -0.446 e. The van der Waals surface area contributed by atoms with Gasteiger partial charge in [-0.3, -0.25) is 4.98 Å². The summed E-state index contributed by atoms with van der Waals surface area (Å²) in [5.41, 5.74) is 3.40. The monoisotopic (exact) mass is 440 g/mol. The molecule has 0 N–H and O–H groups in total. The molecule has 32 heavy (non-hydrogen) atoms. The maximum absolute atomic E-state index is 12.6. The highest BCUT2D eigenvalue weighted by molar-refractivity contribution is 5.68. The molecule has 1 amide bonds. The zero-order chi connectivity index (χ0) is 22.5. The van der Waals surface area contributed by atoms with Gasteiger partial charge < -0.3 is 19.1 Å². The number of epoxide rings is 2. The highest BCUT2D eigenvalue weighted by atomic mass is 16.7. The smallest absolute Gasteiger partial charge is 0.410 e. The molecule has 1 saturated carbocycles. The van der Waals surface area contributed by atoms with Gasteiger partial charge in [0.25, 0.3) is 0 Å². The summed E-state index contributed by atoms with van der Waals surface area (Å²) >= 11 is 0. The van der Waals surface area contributed by atoms with Gasteiger partial charge in [-0.2, -0.15) is 0 Å². The number of carbonyl (C=O) groups excluding carboxylic acids is 1. The second-order valence-corrected chi connectivity index (χ2v) is 10.7. The van der Waals surface area contributed by atoms with Crippen LogP contribution in [0.5, 0.6) is 0 Å². The van der Waals surface area contributed by atoms with Crippen LogP contribution in [0.3, 0.4) is 0 Å². The third kappa shape index (κ3) is 4.32. The van der Waals surface area contributed by atoms with E-state index in [1.54, 1.807) is 0 Å². The van der Waals surface area contributed by atoms with E-state index in [-0.39, 0.29) is 35.6 Å². The third-order valence-electron chi connectivity index (χ3n) is 7.77. The molecule has 1 aromatic heterocycles. The molecule has 0 aromatic carbocycles. The summed E-state index contributed by atoms with van der Waals surface area (Å²) in [4.78, 5) is 18.7. The maximum Gasteiger partial charge on any atom is 0.410 e. The van der Waals surface area contributed by atoms with E-state index in [0.29, 0.717) is 5.92 Å². The van der Waals surface area contributed by atoms with Gasteiger partial charge in [-0.15, -0.1) is 0 Å². The quantitative estimate of drug-likeness (QED) is 0.478. The Hall–Kier alpha value is -1.92. The van der Waals surface area contributed by atoms with Crippen LogP contribution in [0.25, 0.3) is 0 Å². The zero-order valence-electron chi connectivity index (χ0n) is 19.8. The molecular weight excluding hydrogens is 404 g/mol. The lowest BCUT2D eigenvalue weighted by atomic mass is 9.80. The molecule has 0 bridgehead atoms. The Morgan fingerprint density at radius 1 is 1.25 bits per heavy atom. The molecule has 1 aromatic rings. The van der Waals surface area contributed by atoms with Crippen molar-refractivity contribution in [2.45, 2.75) is 95.7 Å². The van der Waals surface area contributed by atoms with Gasteiger partial charge in [0.2, 0.25) is 0 Å². The first-order chi connectivity index (χ1) is 15.3. The van der Waals surface area contributed by atoms with Crippen molar-refractivity contribution in [3.8, 4) is 0 Å². The van der Waals surface area contributed by atoms with E-state index in [2.05, 4.69) is 37.9 Å². The molecule has 4 aliphatic rings. The van der Waals surface area contributed by atoms with Crippen molar-refractivity contribution in [3.05, 3.63) is 41.2 Å². The molecule has 1 aliphatic carbocycles. The number of hydrogen-bond donors (Lipinski definition) is 0. The molecule has 1 unspecified atom stereocenters. The third-order valence-corrected chi connectivity index (χ3v) is 7.77. The summed E-state index contributed by atoms with van der Waals surface area (Å²) in [6, 6.07) is 4.17. The Kier molecular flexibility index (Phi) is 5.57. The molecule has 6 nitrogen and oxygen atoms in total.